The van der Waals surface area contributed by atoms with Crippen molar-refractivity contribution in [2.45, 2.75) is 46.5 Å². The van der Waals surface area contributed by atoms with Gasteiger partial charge in [0.05, 0.1) is 5.71 Å². The number of hydrogen-bond donors (Lipinski definition) is 0. The van der Waals surface area contributed by atoms with Crippen molar-refractivity contribution in [1.29, 1.82) is 0 Å². The van der Waals surface area contributed by atoms with E-state index in [1.165, 1.54) is 11.3 Å². The fourth-order valence-corrected chi connectivity index (χ4v) is 3.05. The lowest BCUT2D eigenvalue weighted by Gasteiger charge is -2.33. The number of oxime groups is 1. The molecule has 0 radical (unpaired) electrons. The van der Waals surface area contributed by atoms with Crippen molar-refractivity contribution in [1.82, 2.24) is 0 Å². The Bertz CT molecular complexity index is 447. The van der Waals surface area contributed by atoms with Gasteiger partial charge in [0.1, 0.15) is 4.88 Å². The van der Waals surface area contributed by atoms with Gasteiger partial charge in [-0.3, -0.25) is 0 Å². The van der Waals surface area contributed by atoms with E-state index in [-0.39, 0.29) is 5.97 Å². The lowest BCUT2D eigenvalue weighted by atomic mass is 9.72. The minimum Gasteiger partial charge on any atom is -0.312 e. The van der Waals surface area contributed by atoms with Crippen LogP contribution < -0.4 is 0 Å². The van der Waals surface area contributed by atoms with E-state index < -0.39 is 0 Å². The van der Waals surface area contributed by atoms with Crippen molar-refractivity contribution in [3.05, 3.63) is 22.4 Å². The summed E-state index contributed by atoms with van der Waals surface area (Å²) < 4.78 is 0. The molecule has 0 aromatic carbocycles. The van der Waals surface area contributed by atoms with Crippen molar-refractivity contribution in [3.63, 3.8) is 0 Å². The largest absolute Gasteiger partial charge is 0.375 e. The molecule has 1 aromatic rings. The second-order valence-electron chi connectivity index (χ2n) is 6.15. The highest BCUT2D eigenvalue weighted by Gasteiger charge is 2.28. The fourth-order valence-electron chi connectivity index (χ4n) is 2.45. The van der Waals surface area contributed by atoms with Gasteiger partial charge in [-0.2, -0.15) is 0 Å². The van der Waals surface area contributed by atoms with Crippen LogP contribution in [0.2, 0.25) is 0 Å². The quantitative estimate of drug-likeness (QED) is 0.590. The van der Waals surface area contributed by atoms with Crippen molar-refractivity contribution in [2.24, 2.45) is 16.5 Å². The van der Waals surface area contributed by atoms with Gasteiger partial charge in [-0.15, -0.1) is 11.3 Å². The molecule has 1 aliphatic carbocycles. The van der Waals surface area contributed by atoms with E-state index in [0.717, 1.165) is 37.3 Å². The summed E-state index contributed by atoms with van der Waals surface area (Å²) in [7, 11) is 0. The van der Waals surface area contributed by atoms with Gasteiger partial charge in [0.25, 0.3) is 0 Å². The number of rotatable bonds is 2. The van der Waals surface area contributed by atoms with Crippen molar-refractivity contribution >= 4 is 23.0 Å². The van der Waals surface area contributed by atoms with Crippen LogP contribution in [0.25, 0.3) is 0 Å². The van der Waals surface area contributed by atoms with E-state index in [0.29, 0.717) is 10.3 Å². The summed E-state index contributed by atoms with van der Waals surface area (Å²) in [5, 5.41) is 5.89. The molecule has 1 fully saturated rings. The topological polar surface area (TPSA) is 38.7 Å². The van der Waals surface area contributed by atoms with E-state index in [2.05, 4.69) is 25.9 Å². The molecule has 0 saturated heterocycles. The molecule has 2 rings (SSSR count). The Morgan fingerprint density at radius 1 is 1.37 bits per heavy atom. The summed E-state index contributed by atoms with van der Waals surface area (Å²) in [4.78, 5) is 17.3. The van der Waals surface area contributed by atoms with Gasteiger partial charge in [-0.1, -0.05) is 32.0 Å². The average Bonchev–Trinajstić information content (AvgIpc) is 2.89. The first kappa shape index (κ1) is 14.3. The van der Waals surface area contributed by atoms with Gasteiger partial charge in [-0.25, -0.2) is 4.79 Å². The third kappa shape index (κ3) is 3.90. The molecule has 0 N–H and O–H groups in total. The number of thiophene rings is 1. The molecule has 1 aliphatic rings. The highest BCUT2D eigenvalue weighted by atomic mass is 32.1. The first-order valence-corrected chi connectivity index (χ1v) is 7.65. The molecule has 0 spiro atoms. The summed E-state index contributed by atoms with van der Waals surface area (Å²) in [6.45, 7) is 6.86. The first-order valence-electron chi connectivity index (χ1n) is 6.77. The Balaban J connectivity index is 1.85. The van der Waals surface area contributed by atoms with Crippen LogP contribution in [-0.4, -0.2) is 11.7 Å². The maximum Gasteiger partial charge on any atom is 0.375 e. The van der Waals surface area contributed by atoms with Gasteiger partial charge >= 0.3 is 5.97 Å². The summed E-state index contributed by atoms with van der Waals surface area (Å²) in [5.74, 6) is 0.389. The summed E-state index contributed by atoms with van der Waals surface area (Å²) in [6.07, 6.45) is 4.16. The van der Waals surface area contributed by atoms with Crippen LogP contribution in [0.5, 0.6) is 0 Å². The van der Waals surface area contributed by atoms with Gasteiger partial charge in [0.15, 0.2) is 0 Å². The summed E-state index contributed by atoms with van der Waals surface area (Å²) in [5.41, 5.74) is 1.38. The molecule has 1 aromatic heterocycles. The van der Waals surface area contributed by atoms with Crippen LogP contribution in [0.3, 0.4) is 0 Å². The van der Waals surface area contributed by atoms with E-state index >= 15 is 0 Å². The first-order chi connectivity index (χ1) is 8.97. The maximum absolute atomic E-state index is 11.7. The van der Waals surface area contributed by atoms with Crippen LogP contribution in [0.1, 0.15) is 56.1 Å². The van der Waals surface area contributed by atoms with Crippen molar-refractivity contribution < 1.29 is 9.63 Å². The highest BCUT2D eigenvalue weighted by molar-refractivity contribution is 7.11. The maximum atomic E-state index is 11.7. The average molecular weight is 279 g/mol. The molecule has 0 atom stereocenters. The number of carbonyl (C=O) groups excluding carboxylic acids is 1. The minimum absolute atomic E-state index is 0.347. The molecule has 0 amide bonds. The Hall–Kier alpha value is -1.16. The van der Waals surface area contributed by atoms with E-state index in [1.54, 1.807) is 6.07 Å². The molecule has 3 nitrogen and oxygen atoms in total. The zero-order chi connectivity index (χ0) is 13.9. The molecule has 0 unspecified atom stereocenters. The molecule has 19 heavy (non-hydrogen) atoms. The fraction of sp³-hybridized carbons (Fsp3) is 0.600. The predicted molar refractivity (Wildman–Crippen MR) is 78.6 cm³/mol. The Labute approximate surface area is 118 Å². The predicted octanol–water partition coefficient (Wildman–Crippen LogP) is 4.50. The van der Waals surface area contributed by atoms with E-state index in [4.69, 9.17) is 4.84 Å². The van der Waals surface area contributed by atoms with Gasteiger partial charge in [0, 0.05) is 0 Å². The number of carbonyl (C=O) groups is 1. The van der Waals surface area contributed by atoms with Crippen molar-refractivity contribution in [3.8, 4) is 0 Å². The van der Waals surface area contributed by atoms with Crippen LogP contribution in [0.4, 0.5) is 0 Å². The van der Waals surface area contributed by atoms with Crippen LogP contribution >= 0.6 is 11.3 Å². The Kier molecular flexibility index (Phi) is 4.40. The van der Waals surface area contributed by atoms with Gasteiger partial charge < -0.3 is 4.84 Å². The molecular formula is C15H21NO2S. The molecule has 1 saturated carbocycles. The standard InChI is InChI=1S/C15H21NO2S/c1-15(2,3)11-6-8-12(9-7-11)16-18-14(17)13-5-4-10-19-13/h4-5,10-11H,6-9H2,1-3H3. The molecule has 0 aliphatic heterocycles. The smallest absolute Gasteiger partial charge is 0.312 e. The summed E-state index contributed by atoms with van der Waals surface area (Å²) >= 11 is 1.38. The molecule has 4 heteroatoms. The SMILES string of the molecule is CC(C)(C)C1CCC(=NOC(=O)c2cccs2)CC1. The van der Waals surface area contributed by atoms with E-state index in [1.807, 2.05) is 11.4 Å². The second kappa shape index (κ2) is 5.87. The zero-order valence-corrected chi connectivity index (χ0v) is 12.6. The lowest BCUT2D eigenvalue weighted by molar-refractivity contribution is 0.0517. The second-order valence-corrected chi connectivity index (χ2v) is 7.10. The molecule has 1 heterocycles. The lowest BCUT2D eigenvalue weighted by Crippen LogP contribution is -2.26. The Morgan fingerprint density at radius 2 is 2.05 bits per heavy atom. The van der Waals surface area contributed by atoms with E-state index in [9.17, 15) is 4.79 Å². The third-order valence-corrected chi connectivity index (χ3v) is 4.62. The van der Waals surface area contributed by atoms with Crippen LogP contribution in [0, 0.1) is 11.3 Å². The number of nitrogens with zero attached hydrogens (tertiary/aromatic N) is 1. The highest BCUT2D eigenvalue weighted by Crippen LogP contribution is 2.36. The molecule has 0 bridgehead atoms. The third-order valence-electron chi connectivity index (χ3n) is 3.77. The molecular weight excluding hydrogens is 258 g/mol. The van der Waals surface area contributed by atoms with Crippen LogP contribution in [0.15, 0.2) is 22.7 Å². The van der Waals surface area contributed by atoms with Gasteiger partial charge in [0.2, 0.25) is 0 Å². The Morgan fingerprint density at radius 3 is 2.58 bits per heavy atom. The minimum atomic E-state index is -0.347. The monoisotopic (exact) mass is 279 g/mol. The summed E-state index contributed by atoms with van der Waals surface area (Å²) in [6, 6.07) is 3.59. The van der Waals surface area contributed by atoms with Crippen molar-refractivity contribution in [2.75, 3.05) is 0 Å². The normalized spacial score (nSPS) is 20.2. The van der Waals surface area contributed by atoms with Gasteiger partial charge in [-0.05, 0) is 48.5 Å². The number of hydrogen-bond acceptors (Lipinski definition) is 4. The molecule has 104 valence electrons. The van der Waals surface area contributed by atoms with Crippen LogP contribution in [-0.2, 0) is 4.84 Å². The zero-order valence-electron chi connectivity index (χ0n) is 11.8.